The molecule has 1 heterocycles. The van der Waals surface area contributed by atoms with Gasteiger partial charge in [0.1, 0.15) is 0 Å². The Morgan fingerprint density at radius 3 is 2.53 bits per heavy atom. The molecule has 0 bridgehead atoms. The topological polar surface area (TPSA) is 32.3 Å². The number of hydrogen-bond acceptors (Lipinski definition) is 2. The van der Waals surface area contributed by atoms with Crippen molar-refractivity contribution in [3.63, 3.8) is 0 Å². The van der Waals surface area contributed by atoms with Crippen LogP contribution >= 0.6 is 0 Å². The fourth-order valence-electron chi connectivity index (χ4n) is 2.10. The largest absolute Gasteiger partial charge is 0.340 e. The second-order valence-corrected chi connectivity index (χ2v) is 4.32. The van der Waals surface area contributed by atoms with Gasteiger partial charge in [-0.05, 0) is 12.8 Å². The van der Waals surface area contributed by atoms with Gasteiger partial charge in [-0.1, -0.05) is 26.7 Å². The molecule has 1 fully saturated rings. The summed E-state index contributed by atoms with van der Waals surface area (Å²) >= 11 is 0. The van der Waals surface area contributed by atoms with Crippen molar-refractivity contribution < 1.29 is 4.79 Å². The first-order chi connectivity index (χ1) is 7.29. The van der Waals surface area contributed by atoms with Gasteiger partial charge in [0.25, 0.3) is 0 Å². The lowest BCUT2D eigenvalue weighted by Crippen LogP contribution is -2.48. The summed E-state index contributed by atoms with van der Waals surface area (Å²) in [5, 5.41) is 3.28. The molecule has 0 radical (unpaired) electrons. The summed E-state index contributed by atoms with van der Waals surface area (Å²) in [5.41, 5.74) is 0. The predicted octanol–water partition coefficient (Wildman–Crippen LogP) is 1.63. The standard InChI is InChI=1S/C12H24N2O/c1-3-5-6-11(4-2)12(15)14-9-7-13-8-10-14/h11,13H,3-10H2,1-2H3. The van der Waals surface area contributed by atoms with Crippen LogP contribution in [0.15, 0.2) is 0 Å². The van der Waals surface area contributed by atoms with E-state index in [0.29, 0.717) is 5.91 Å². The van der Waals surface area contributed by atoms with Crippen molar-refractivity contribution in [2.45, 2.75) is 39.5 Å². The molecule has 0 aromatic heterocycles. The molecule has 3 heteroatoms. The van der Waals surface area contributed by atoms with Crippen LogP contribution in [0.2, 0.25) is 0 Å². The first kappa shape index (κ1) is 12.5. The summed E-state index contributed by atoms with van der Waals surface area (Å²) in [5.74, 6) is 0.649. The molecule has 0 spiro atoms. The average molecular weight is 212 g/mol. The molecule has 0 aliphatic carbocycles. The highest BCUT2D eigenvalue weighted by Gasteiger charge is 2.23. The van der Waals surface area contributed by atoms with Crippen molar-refractivity contribution >= 4 is 5.91 Å². The first-order valence-electron chi connectivity index (χ1n) is 6.29. The van der Waals surface area contributed by atoms with Gasteiger partial charge in [0.15, 0.2) is 0 Å². The van der Waals surface area contributed by atoms with Gasteiger partial charge in [-0.2, -0.15) is 0 Å². The molecular weight excluding hydrogens is 188 g/mol. The maximum atomic E-state index is 12.1. The van der Waals surface area contributed by atoms with E-state index in [1.165, 1.54) is 12.8 Å². The van der Waals surface area contributed by atoms with Crippen LogP contribution in [-0.4, -0.2) is 37.0 Å². The van der Waals surface area contributed by atoms with Crippen LogP contribution in [0.1, 0.15) is 39.5 Å². The normalized spacial score (nSPS) is 18.9. The molecule has 0 aromatic carbocycles. The zero-order chi connectivity index (χ0) is 11.1. The number of unbranched alkanes of at least 4 members (excludes halogenated alkanes) is 1. The fourth-order valence-corrected chi connectivity index (χ4v) is 2.10. The molecule has 1 rings (SSSR count). The van der Waals surface area contributed by atoms with E-state index >= 15 is 0 Å². The van der Waals surface area contributed by atoms with Crippen molar-refractivity contribution in [3.05, 3.63) is 0 Å². The van der Waals surface area contributed by atoms with Gasteiger partial charge in [0.05, 0.1) is 0 Å². The minimum absolute atomic E-state index is 0.267. The molecule has 1 unspecified atom stereocenters. The number of nitrogens with zero attached hydrogens (tertiary/aromatic N) is 1. The molecule has 1 atom stereocenters. The van der Waals surface area contributed by atoms with Gasteiger partial charge in [0, 0.05) is 32.1 Å². The third-order valence-electron chi connectivity index (χ3n) is 3.18. The van der Waals surface area contributed by atoms with E-state index in [2.05, 4.69) is 19.2 Å². The molecule has 1 N–H and O–H groups in total. The predicted molar refractivity (Wildman–Crippen MR) is 62.8 cm³/mol. The van der Waals surface area contributed by atoms with Gasteiger partial charge >= 0.3 is 0 Å². The first-order valence-corrected chi connectivity index (χ1v) is 6.29. The summed E-state index contributed by atoms with van der Waals surface area (Å²) in [7, 11) is 0. The summed E-state index contributed by atoms with van der Waals surface area (Å²) in [6.45, 7) is 8.00. The highest BCUT2D eigenvalue weighted by atomic mass is 16.2. The molecule has 0 aromatic rings. The molecular formula is C12H24N2O. The Bertz CT molecular complexity index is 188. The van der Waals surface area contributed by atoms with Crippen molar-refractivity contribution in [2.75, 3.05) is 26.2 Å². The fraction of sp³-hybridized carbons (Fsp3) is 0.917. The maximum absolute atomic E-state index is 12.1. The van der Waals surface area contributed by atoms with Crippen LogP contribution in [0.4, 0.5) is 0 Å². The lowest BCUT2D eigenvalue weighted by molar-refractivity contribution is -0.136. The van der Waals surface area contributed by atoms with E-state index in [1.54, 1.807) is 0 Å². The minimum atomic E-state index is 0.267. The van der Waals surface area contributed by atoms with Crippen LogP contribution in [-0.2, 0) is 4.79 Å². The van der Waals surface area contributed by atoms with Crippen LogP contribution < -0.4 is 5.32 Å². The second kappa shape index (κ2) is 6.83. The van der Waals surface area contributed by atoms with Crippen LogP contribution in [0.25, 0.3) is 0 Å². The Morgan fingerprint density at radius 2 is 2.00 bits per heavy atom. The summed E-state index contributed by atoms with van der Waals surface area (Å²) in [6, 6.07) is 0. The van der Waals surface area contributed by atoms with Gasteiger partial charge in [-0.15, -0.1) is 0 Å². The maximum Gasteiger partial charge on any atom is 0.225 e. The van der Waals surface area contributed by atoms with Crippen molar-refractivity contribution in [1.82, 2.24) is 10.2 Å². The van der Waals surface area contributed by atoms with Gasteiger partial charge < -0.3 is 10.2 Å². The monoisotopic (exact) mass is 212 g/mol. The Hall–Kier alpha value is -0.570. The highest BCUT2D eigenvalue weighted by Crippen LogP contribution is 2.16. The van der Waals surface area contributed by atoms with Crippen molar-refractivity contribution in [1.29, 1.82) is 0 Å². The van der Waals surface area contributed by atoms with Crippen LogP contribution in [0.3, 0.4) is 0 Å². The Balaban J connectivity index is 2.40. The highest BCUT2D eigenvalue weighted by molar-refractivity contribution is 5.78. The van der Waals surface area contributed by atoms with Gasteiger partial charge in [-0.3, -0.25) is 4.79 Å². The number of piperazine rings is 1. The van der Waals surface area contributed by atoms with Gasteiger partial charge in [0.2, 0.25) is 5.91 Å². The van der Waals surface area contributed by atoms with Crippen molar-refractivity contribution in [3.8, 4) is 0 Å². The lowest BCUT2D eigenvalue weighted by Gasteiger charge is -2.30. The zero-order valence-corrected chi connectivity index (χ0v) is 10.1. The average Bonchev–Trinajstić information content (AvgIpc) is 2.31. The molecule has 15 heavy (non-hydrogen) atoms. The molecule has 1 amide bonds. The van der Waals surface area contributed by atoms with Gasteiger partial charge in [-0.25, -0.2) is 0 Å². The summed E-state index contributed by atoms with van der Waals surface area (Å²) < 4.78 is 0. The summed E-state index contributed by atoms with van der Waals surface area (Å²) in [6.07, 6.45) is 4.42. The molecule has 3 nitrogen and oxygen atoms in total. The molecule has 0 saturated carbocycles. The molecule has 1 aliphatic rings. The minimum Gasteiger partial charge on any atom is -0.340 e. The number of carbonyl (C=O) groups excluding carboxylic acids is 1. The third kappa shape index (κ3) is 3.82. The molecule has 1 aliphatic heterocycles. The Kier molecular flexibility index (Phi) is 5.69. The second-order valence-electron chi connectivity index (χ2n) is 4.32. The molecule has 1 saturated heterocycles. The number of nitrogens with one attached hydrogen (secondary N) is 1. The number of carbonyl (C=O) groups is 1. The van der Waals surface area contributed by atoms with Crippen LogP contribution in [0, 0.1) is 5.92 Å². The smallest absolute Gasteiger partial charge is 0.225 e. The number of rotatable bonds is 5. The number of hydrogen-bond donors (Lipinski definition) is 1. The van der Waals surface area contributed by atoms with Crippen molar-refractivity contribution in [2.24, 2.45) is 5.92 Å². The van der Waals surface area contributed by atoms with E-state index in [-0.39, 0.29) is 5.92 Å². The Labute approximate surface area is 93.2 Å². The number of amides is 1. The van der Waals surface area contributed by atoms with E-state index in [4.69, 9.17) is 0 Å². The van der Waals surface area contributed by atoms with E-state index in [0.717, 1.165) is 39.0 Å². The third-order valence-corrected chi connectivity index (χ3v) is 3.18. The van der Waals surface area contributed by atoms with E-state index in [1.807, 2.05) is 4.90 Å². The van der Waals surface area contributed by atoms with E-state index in [9.17, 15) is 4.79 Å². The molecule has 88 valence electrons. The quantitative estimate of drug-likeness (QED) is 0.751. The SMILES string of the molecule is CCCCC(CC)C(=O)N1CCNCC1. The summed E-state index contributed by atoms with van der Waals surface area (Å²) in [4.78, 5) is 14.2. The lowest BCUT2D eigenvalue weighted by atomic mass is 9.97. The van der Waals surface area contributed by atoms with E-state index < -0.39 is 0 Å². The zero-order valence-electron chi connectivity index (χ0n) is 10.1. The van der Waals surface area contributed by atoms with Crippen LogP contribution in [0.5, 0.6) is 0 Å². The Morgan fingerprint density at radius 1 is 1.33 bits per heavy atom.